The molecule has 0 saturated carbocycles. The fraction of sp³-hybridized carbons (Fsp3) is 0.364. The van der Waals surface area contributed by atoms with Crippen molar-refractivity contribution in [3.63, 3.8) is 0 Å². The lowest BCUT2D eigenvalue weighted by Crippen LogP contribution is -2.12. The third kappa shape index (κ3) is 4.59. The lowest BCUT2D eigenvalue weighted by Gasteiger charge is -2.17. The summed E-state index contributed by atoms with van der Waals surface area (Å²) in [6.45, 7) is 6.70. The van der Waals surface area contributed by atoms with Crippen molar-refractivity contribution in [2.75, 3.05) is 6.61 Å². The lowest BCUT2D eigenvalue weighted by molar-refractivity contribution is 0.140. The van der Waals surface area contributed by atoms with Crippen LogP contribution < -0.4 is 4.74 Å². The number of hydrogen-bond acceptors (Lipinski definition) is 3. The Morgan fingerprint density at radius 2 is 1.81 bits per heavy atom. The number of pyridine rings is 2. The second-order valence-electron chi connectivity index (χ2n) is 7.34. The molecule has 3 nitrogen and oxygen atoms in total. The summed E-state index contributed by atoms with van der Waals surface area (Å²) in [6.07, 6.45) is 1.60. The minimum Gasteiger partial charge on any atom is -0.477 e. The molecule has 0 bridgehead atoms. The van der Waals surface area contributed by atoms with E-state index in [-0.39, 0.29) is 17.4 Å². The van der Waals surface area contributed by atoms with E-state index in [4.69, 9.17) is 4.74 Å². The fourth-order valence-electron chi connectivity index (χ4n) is 3.34. The second kappa shape index (κ2) is 8.42. The van der Waals surface area contributed by atoms with Gasteiger partial charge in [0.15, 0.2) is 0 Å². The Balaban J connectivity index is 1.91. The molecule has 0 unspecified atom stereocenters. The zero-order chi connectivity index (χ0) is 19.4. The number of benzene rings is 1. The molecule has 5 heteroatoms. The number of ether oxygens (including phenoxy) is 1. The summed E-state index contributed by atoms with van der Waals surface area (Å²) in [5.41, 5.74) is 2.10. The number of hydrogen-bond donors (Lipinski definition) is 0. The van der Waals surface area contributed by atoms with Crippen LogP contribution in [0.5, 0.6) is 5.88 Å². The van der Waals surface area contributed by atoms with E-state index < -0.39 is 6.43 Å². The molecule has 3 rings (SSSR count). The Morgan fingerprint density at radius 3 is 2.56 bits per heavy atom. The van der Waals surface area contributed by atoms with E-state index in [1.165, 1.54) is 6.07 Å². The number of fused-ring (bicyclic) bond motifs is 1. The summed E-state index contributed by atoms with van der Waals surface area (Å²) < 4.78 is 32.9. The van der Waals surface area contributed by atoms with Crippen LogP contribution >= 0.6 is 0 Å². The van der Waals surface area contributed by atoms with Crippen LogP contribution in [-0.4, -0.2) is 16.6 Å². The van der Waals surface area contributed by atoms with E-state index >= 15 is 0 Å². The van der Waals surface area contributed by atoms with Gasteiger partial charge >= 0.3 is 0 Å². The predicted octanol–water partition coefficient (Wildman–Crippen LogP) is 6.30. The van der Waals surface area contributed by atoms with Crippen molar-refractivity contribution >= 4 is 10.9 Å². The Hall–Kier alpha value is -2.56. The maximum Gasteiger partial charge on any atom is 0.269 e. The highest BCUT2D eigenvalue weighted by Gasteiger charge is 2.19. The number of aromatic nitrogens is 2. The van der Waals surface area contributed by atoms with E-state index in [1.54, 1.807) is 12.4 Å². The molecule has 0 amide bonds. The van der Waals surface area contributed by atoms with Gasteiger partial charge in [-0.15, -0.1) is 0 Å². The van der Waals surface area contributed by atoms with Crippen molar-refractivity contribution in [3.05, 3.63) is 54.4 Å². The molecule has 0 saturated heterocycles. The fourth-order valence-corrected chi connectivity index (χ4v) is 3.34. The molecule has 0 aliphatic carbocycles. The normalized spacial score (nSPS) is 12.7. The van der Waals surface area contributed by atoms with Crippen molar-refractivity contribution in [1.29, 1.82) is 0 Å². The van der Waals surface area contributed by atoms with Crippen molar-refractivity contribution < 1.29 is 13.5 Å². The molecular weight excluding hydrogens is 346 g/mol. The zero-order valence-electron chi connectivity index (χ0n) is 15.8. The third-order valence-electron chi connectivity index (χ3n) is 4.45. The summed E-state index contributed by atoms with van der Waals surface area (Å²) in [7, 11) is 0. The van der Waals surface area contributed by atoms with E-state index in [9.17, 15) is 8.78 Å². The summed E-state index contributed by atoms with van der Waals surface area (Å²) in [4.78, 5) is 8.53. The maximum absolute atomic E-state index is 13.6. The van der Waals surface area contributed by atoms with Gasteiger partial charge in [0.05, 0.1) is 17.7 Å². The van der Waals surface area contributed by atoms with Crippen LogP contribution in [-0.2, 0) is 0 Å². The van der Waals surface area contributed by atoms with Crippen LogP contribution in [0.1, 0.15) is 39.2 Å². The predicted molar refractivity (Wildman–Crippen MR) is 104 cm³/mol. The van der Waals surface area contributed by atoms with Crippen LogP contribution in [0, 0.1) is 11.8 Å². The van der Waals surface area contributed by atoms with Gasteiger partial charge in [0.1, 0.15) is 0 Å². The summed E-state index contributed by atoms with van der Waals surface area (Å²) in [5, 5.41) is 0.904. The van der Waals surface area contributed by atoms with Gasteiger partial charge in [-0.3, -0.25) is 4.98 Å². The van der Waals surface area contributed by atoms with E-state index in [0.717, 1.165) is 22.9 Å². The van der Waals surface area contributed by atoms with Crippen LogP contribution in [0.2, 0.25) is 0 Å². The van der Waals surface area contributed by atoms with E-state index in [0.29, 0.717) is 18.1 Å². The first-order valence-corrected chi connectivity index (χ1v) is 9.20. The Labute approximate surface area is 158 Å². The first-order chi connectivity index (χ1) is 13.0. The SMILES string of the molecule is CC(C)C[C@H](C)COc1ncc(-c2ccnc3ccccc23)cc1C(F)F. The zero-order valence-corrected chi connectivity index (χ0v) is 15.8. The standard InChI is InChI=1S/C22H24F2N2O/c1-14(2)10-15(3)13-27-22-19(21(23)24)11-16(12-26-22)17-8-9-25-20-7-5-4-6-18(17)20/h4-9,11-12,14-15,21H,10,13H2,1-3H3/t15-/m0/s1. The van der Waals surface area contributed by atoms with Gasteiger partial charge in [-0.2, -0.15) is 0 Å². The monoisotopic (exact) mass is 370 g/mol. The van der Waals surface area contributed by atoms with Gasteiger partial charge in [-0.1, -0.05) is 39.0 Å². The van der Waals surface area contributed by atoms with Gasteiger partial charge in [0.25, 0.3) is 6.43 Å². The van der Waals surface area contributed by atoms with Crippen molar-refractivity contribution in [2.24, 2.45) is 11.8 Å². The molecular formula is C22H24F2N2O. The summed E-state index contributed by atoms with van der Waals surface area (Å²) in [6, 6.07) is 10.9. The van der Waals surface area contributed by atoms with Gasteiger partial charge in [-0.05, 0) is 42.0 Å². The number of halogens is 2. The number of para-hydroxylation sites is 1. The number of nitrogens with zero attached hydrogens (tertiary/aromatic N) is 2. The molecule has 0 aliphatic rings. The van der Waals surface area contributed by atoms with Gasteiger partial charge in [-0.25, -0.2) is 13.8 Å². The third-order valence-corrected chi connectivity index (χ3v) is 4.45. The number of alkyl halides is 2. The first-order valence-electron chi connectivity index (χ1n) is 9.20. The Morgan fingerprint density at radius 1 is 1.04 bits per heavy atom. The maximum atomic E-state index is 13.6. The van der Waals surface area contributed by atoms with Crippen molar-refractivity contribution in [3.8, 4) is 17.0 Å². The lowest BCUT2D eigenvalue weighted by atomic mass is 10.00. The number of rotatable bonds is 7. The minimum absolute atomic E-state index is 0.0164. The molecule has 2 heterocycles. The highest BCUT2D eigenvalue weighted by Crippen LogP contribution is 2.34. The average molecular weight is 370 g/mol. The first kappa shape index (κ1) is 19.2. The van der Waals surface area contributed by atoms with Crippen molar-refractivity contribution in [1.82, 2.24) is 9.97 Å². The summed E-state index contributed by atoms with van der Waals surface area (Å²) in [5.74, 6) is 0.831. The Bertz CT molecular complexity index is 906. The van der Waals surface area contributed by atoms with Crippen LogP contribution in [0.4, 0.5) is 8.78 Å². The molecule has 1 aromatic carbocycles. The van der Waals surface area contributed by atoms with Crippen LogP contribution in [0.3, 0.4) is 0 Å². The Kier molecular flexibility index (Phi) is 5.99. The molecule has 142 valence electrons. The van der Waals surface area contributed by atoms with Crippen molar-refractivity contribution in [2.45, 2.75) is 33.6 Å². The van der Waals surface area contributed by atoms with Gasteiger partial charge in [0, 0.05) is 23.3 Å². The molecule has 3 aromatic rings. The quantitative estimate of drug-likeness (QED) is 0.490. The summed E-state index contributed by atoms with van der Waals surface area (Å²) >= 11 is 0. The highest BCUT2D eigenvalue weighted by atomic mass is 19.3. The molecule has 0 aliphatic heterocycles. The minimum atomic E-state index is -2.65. The smallest absolute Gasteiger partial charge is 0.269 e. The molecule has 0 N–H and O–H groups in total. The molecule has 0 spiro atoms. The molecule has 0 radical (unpaired) electrons. The largest absolute Gasteiger partial charge is 0.477 e. The van der Waals surface area contributed by atoms with Crippen LogP contribution in [0.15, 0.2) is 48.8 Å². The van der Waals surface area contributed by atoms with E-state index in [2.05, 4.69) is 30.7 Å². The molecule has 2 aromatic heterocycles. The second-order valence-corrected chi connectivity index (χ2v) is 7.34. The molecule has 0 fully saturated rings. The topological polar surface area (TPSA) is 35.0 Å². The van der Waals surface area contributed by atoms with Crippen LogP contribution in [0.25, 0.3) is 22.0 Å². The van der Waals surface area contributed by atoms with Gasteiger partial charge < -0.3 is 4.74 Å². The molecule has 1 atom stereocenters. The van der Waals surface area contributed by atoms with E-state index in [1.807, 2.05) is 30.3 Å². The molecule has 27 heavy (non-hydrogen) atoms. The van der Waals surface area contributed by atoms with Gasteiger partial charge in [0.2, 0.25) is 5.88 Å². The average Bonchev–Trinajstić information content (AvgIpc) is 2.65. The highest BCUT2D eigenvalue weighted by molar-refractivity contribution is 5.94.